The van der Waals surface area contributed by atoms with Gasteiger partial charge in [-0.05, 0) is 35.9 Å². The van der Waals surface area contributed by atoms with Crippen LogP contribution in [0.25, 0.3) is 6.08 Å². The fourth-order valence-corrected chi connectivity index (χ4v) is 3.09. The Bertz CT molecular complexity index is 993. The third-order valence-corrected chi connectivity index (χ3v) is 4.64. The number of carbonyl (C=O) groups excluding carboxylic acids is 1. The Hall–Kier alpha value is -2.98. The number of para-hydroxylation sites is 1. The Morgan fingerprint density at radius 1 is 0.808 bits per heavy atom. The molecule has 1 aliphatic heterocycles. The lowest BCUT2D eigenvalue weighted by atomic mass is 10.0. The molecular formula is C22H15BrN2O. The number of hydrazone groups is 1. The van der Waals surface area contributed by atoms with Gasteiger partial charge in [0.2, 0.25) is 0 Å². The maximum Gasteiger partial charge on any atom is 0.281 e. The molecule has 0 saturated carbocycles. The minimum absolute atomic E-state index is 0.127. The van der Waals surface area contributed by atoms with Gasteiger partial charge < -0.3 is 0 Å². The van der Waals surface area contributed by atoms with Crippen LogP contribution in [0.5, 0.6) is 0 Å². The van der Waals surface area contributed by atoms with Gasteiger partial charge in [0.1, 0.15) is 5.71 Å². The molecule has 26 heavy (non-hydrogen) atoms. The molecule has 126 valence electrons. The first-order valence-electron chi connectivity index (χ1n) is 8.23. The molecule has 4 rings (SSSR count). The zero-order chi connectivity index (χ0) is 17.9. The molecule has 0 bridgehead atoms. The van der Waals surface area contributed by atoms with Crippen LogP contribution in [0.2, 0.25) is 0 Å². The predicted molar refractivity (Wildman–Crippen MR) is 109 cm³/mol. The van der Waals surface area contributed by atoms with Gasteiger partial charge in [-0.3, -0.25) is 4.79 Å². The average Bonchev–Trinajstić information content (AvgIpc) is 3.01. The standard InChI is InChI=1S/C22H15BrN2O/c23-18-13-11-16(12-14-18)15-20-21(17-7-3-1-4-8-17)24-25(22(20)26)19-9-5-2-6-10-19/h1-15H/b20-15-. The molecule has 4 heteroatoms. The van der Waals surface area contributed by atoms with Crippen LogP contribution in [-0.4, -0.2) is 11.6 Å². The maximum atomic E-state index is 13.1. The van der Waals surface area contributed by atoms with Crippen molar-refractivity contribution in [1.29, 1.82) is 0 Å². The molecular weight excluding hydrogens is 388 g/mol. The Morgan fingerprint density at radius 2 is 1.42 bits per heavy atom. The lowest BCUT2D eigenvalue weighted by Crippen LogP contribution is -2.21. The van der Waals surface area contributed by atoms with Crippen molar-refractivity contribution >= 4 is 39.3 Å². The van der Waals surface area contributed by atoms with Crippen molar-refractivity contribution in [2.45, 2.75) is 0 Å². The van der Waals surface area contributed by atoms with Crippen molar-refractivity contribution in [2.75, 3.05) is 5.01 Å². The van der Waals surface area contributed by atoms with Crippen molar-refractivity contribution < 1.29 is 4.79 Å². The molecule has 0 spiro atoms. The van der Waals surface area contributed by atoms with Gasteiger partial charge in [0.25, 0.3) is 5.91 Å². The molecule has 1 heterocycles. The Morgan fingerprint density at radius 3 is 2.08 bits per heavy atom. The lowest BCUT2D eigenvalue weighted by Gasteiger charge is -2.10. The van der Waals surface area contributed by atoms with E-state index in [0.717, 1.165) is 21.3 Å². The smallest absolute Gasteiger partial charge is 0.267 e. The van der Waals surface area contributed by atoms with E-state index in [1.807, 2.05) is 91.0 Å². The van der Waals surface area contributed by atoms with Gasteiger partial charge in [0.15, 0.2) is 0 Å². The molecule has 0 aromatic heterocycles. The molecule has 0 unspecified atom stereocenters. The topological polar surface area (TPSA) is 32.7 Å². The molecule has 0 atom stereocenters. The minimum atomic E-state index is -0.127. The largest absolute Gasteiger partial charge is 0.281 e. The fraction of sp³-hybridized carbons (Fsp3) is 0. The number of halogens is 1. The first-order valence-corrected chi connectivity index (χ1v) is 9.03. The summed E-state index contributed by atoms with van der Waals surface area (Å²) in [6, 6.07) is 27.1. The van der Waals surface area contributed by atoms with Crippen molar-refractivity contribution in [3.8, 4) is 0 Å². The zero-order valence-corrected chi connectivity index (χ0v) is 15.4. The Labute approximate surface area is 160 Å². The molecule has 0 N–H and O–H groups in total. The predicted octanol–water partition coefficient (Wildman–Crippen LogP) is 5.28. The van der Waals surface area contributed by atoms with E-state index < -0.39 is 0 Å². The van der Waals surface area contributed by atoms with Gasteiger partial charge in [0.05, 0.1) is 11.3 Å². The lowest BCUT2D eigenvalue weighted by molar-refractivity contribution is -0.114. The van der Waals surface area contributed by atoms with E-state index in [2.05, 4.69) is 21.0 Å². The number of hydrogen-bond donors (Lipinski definition) is 0. The highest BCUT2D eigenvalue weighted by molar-refractivity contribution is 9.10. The van der Waals surface area contributed by atoms with E-state index in [0.29, 0.717) is 11.3 Å². The molecule has 0 aliphatic carbocycles. The van der Waals surface area contributed by atoms with E-state index in [1.54, 1.807) is 0 Å². The van der Waals surface area contributed by atoms with Gasteiger partial charge in [-0.25, -0.2) is 0 Å². The second-order valence-electron chi connectivity index (χ2n) is 5.88. The molecule has 3 aromatic rings. The molecule has 3 aromatic carbocycles. The second-order valence-corrected chi connectivity index (χ2v) is 6.79. The van der Waals surface area contributed by atoms with Crippen LogP contribution in [0, 0.1) is 0 Å². The van der Waals surface area contributed by atoms with Crippen LogP contribution in [0.3, 0.4) is 0 Å². The molecule has 1 amide bonds. The van der Waals surface area contributed by atoms with Crippen LogP contribution < -0.4 is 5.01 Å². The number of nitrogens with zero attached hydrogens (tertiary/aromatic N) is 2. The number of rotatable bonds is 3. The summed E-state index contributed by atoms with van der Waals surface area (Å²) in [6.07, 6.45) is 1.89. The summed E-state index contributed by atoms with van der Waals surface area (Å²) in [5.74, 6) is -0.127. The van der Waals surface area contributed by atoms with Gasteiger partial charge in [-0.1, -0.05) is 76.6 Å². The van der Waals surface area contributed by atoms with Gasteiger partial charge in [-0.15, -0.1) is 0 Å². The third kappa shape index (κ3) is 3.24. The van der Waals surface area contributed by atoms with E-state index in [-0.39, 0.29) is 5.91 Å². The molecule has 3 nitrogen and oxygen atoms in total. The minimum Gasteiger partial charge on any atom is -0.267 e. The van der Waals surface area contributed by atoms with Crippen LogP contribution in [0.1, 0.15) is 11.1 Å². The maximum absolute atomic E-state index is 13.1. The highest BCUT2D eigenvalue weighted by Gasteiger charge is 2.31. The Balaban J connectivity index is 1.82. The van der Waals surface area contributed by atoms with Crippen LogP contribution in [0.15, 0.2) is 100 Å². The quantitative estimate of drug-likeness (QED) is 0.548. The normalized spacial score (nSPS) is 15.4. The van der Waals surface area contributed by atoms with Gasteiger partial charge >= 0.3 is 0 Å². The van der Waals surface area contributed by atoms with Gasteiger partial charge in [-0.2, -0.15) is 10.1 Å². The summed E-state index contributed by atoms with van der Waals surface area (Å²) in [6.45, 7) is 0. The van der Waals surface area contributed by atoms with Crippen molar-refractivity contribution in [3.05, 3.63) is 106 Å². The SMILES string of the molecule is O=C1/C(=C\c2ccc(Br)cc2)C(c2ccccc2)=NN1c1ccccc1. The molecule has 1 aliphatic rings. The summed E-state index contributed by atoms with van der Waals surface area (Å²) in [4.78, 5) is 13.1. The number of anilines is 1. The van der Waals surface area contributed by atoms with E-state index in [9.17, 15) is 4.79 Å². The summed E-state index contributed by atoms with van der Waals surface area (Å²) < 4.78 is 1.00. The van der Waals surface area contributed by atoms with Crippen molar-refractivity contribution in [2.24, 2.45) is 5.10 Å². The second kappa shape index (κ2) is 7.10. The van der Waals surface area contributed by atoms with Crippen LogP contribution >= 0.6 is 15.9 Å². The molecule has 0 fully saturated rings. The summed E-state index contributed by atoms with van der Waals surface area (Å²) in [7, 11) is 0. The number of benzene rings is 3. The number of hydrogen-bond acceptors (Lipinski definition) is 2. The van der Waals surface area contributed by atoms with Crippen molar-refractivity contribution in [3.63, 3.8) is 0 Å². The summed E-state index contributed by atoms with van der Waals surface area (Å²) in [5.41, 5.74) is 3.90. The molecule has 0 radical (unpaired) electrons. The van der Waals surface area contributed by atoms with E-state index in [1.165, 1.54) is 5.01 Å². The highest BCUT2D eigenvalue weighted by Crippen LogP contribution is 2.27. The van der Waals surface area contributed by atoms with Gasteiger partial charge in [0, 0.05) is 10.0 Å². The third-order valence-electron chi connectivity index (χ3n) is 4.11. The summed E-state index contributed by atoms with van der Waals surface area (Å²) in [5, 5.41) is 6.09. The van der Waals surface area contributed by atoms with Crippen LogP contribution in [-0.2, 0) is 4.79 Å². The first kappa shape index (κ1) is 16.5. The van der Waals surface area contributed by atoms with E-state index in [4.69, 9.17) is 0 Å². The zero-order valence-electron chi connectivity index (χ0n) is 13.8. The monoisotopic (exact) mass is 402 g/mol. The van der Waals surface area contributed by atoms with E-state index >= 15 is 0 Å². The molecule has 0 saturated heterocycles. The average molecular weight is 403 g/mol. The number of carbonyl (C=O) groups is 1. The number of amides is 1. The fourth-order valence-electron chi connectivity index (χ4n) is 2.82. The van der Waals surface area contributed by atoms with Crippen molar-refractivity contribution in [1.82, 2.24) is 0 Å². The highest BCUT2D eigenvalue weighted by atomic mass is 79.9. The summed E-state index contributed by atoms with van der Waals surface area (Å²) >= 11 is 3.44. The van der Waals surface area contributed by atoms with Crippen LogP contribution in [0.4, 0.5) is 5.69 Å². The first-order chi connectivity index (χ1) is 12.7. The Kier molecular flexibility index (Phi) is 4.50.